The molecule has 0 aliphatic rings. The summed E-state index contributed by atoms with van der Waals surface area (Å²) in [6.07, 6.45) is 0.157. The van der Waals surface area contributed by atoms with Gasteiger partial charge in [-0.2, -0.15) is 0 Å². The van der Waals surface area contributed by atoms with Crippen LogP contribution in [0.15, 0.2) is 18.2 Å². The predicted molar refractivity (Wildman–Crippen MR) is 63.8 cm³/mol. The van der Waals surface area contributed by atoms with Gasteiger partial charge in [0.1, 0.15) is 0 Å². The second-order valence-corrected chi connectivity index (χ2v) is 9.19. The third-order valence-electron chi connectivity index (χ3n) is 1.78. The van der Waals surface area contributed by atoms with Gasteiger partial charge >= 0.3 is 104 Å². The molecule has 1 aromatic carbocycles. The summed E-state index contributed by atoms with van der Waals surface area (Å²) in [4.78, 5) is 0. The zero-order valence-corrected chi connectivity index (χ0v) is 12.2. The third-order valence-corrected chi connectivity index (χ3v) is 3.62. The third kappa shape index (κ3) is 4.22. The molecule has 86 valence electrons. The van der Waals surface area contributed by atoms with E-state index in [0.29, 0.717) is 0 Å². The molecule has 0 bridgehead atoms. The minimum absolute atomic E-state index is 0.157. The maximum absolute atomic E-state index is 5.87. The Morgan fingerprint density at radius 2 is 2.00 bits per heavy atom. The molecule has 0 N–H and O–H groups in total. The van der Waals surface area contributed by atoms with E-state index in [0.717, 1.165) is 16.9 Å². The van der Waals surface area contributed by atoms with E-state index in [1.807, 2.05) is 43.6 Å². The SMILES string of the molecule is Cc1cccc([CH]=[Ru]([Cl])[Cl])c1OC(C)C. The molecule has 0 aliphatic carbocycles. The Hall–Kier alpha value is 0.0934. The molecule has 0 fully saturated rings. The molecule has 0 saturated heterocycles. The summed E-state index contributed by atoms with van der Waals surface area (Å²) in [6.45, 7) is 6.04. The maximum atomic E-state index is 5.87. The molecule has 0 atom stereocenters. The van der Waals surface area contributed by atoms with Crippen molar-refractivity contribution < 1.29 is 18.3 Å². The second-order valence-electron chi connectivity index (χ2n) is 3.47. The number of para-hydroxylation sites is 1. The van der Waals surface area contributed by atoms with Crippen molar-refractivity contribution in [3.63, 3.8) is 0 Å². The monoisotopic (exact) mass is 334 g/mol. The van der Waals surface area contributed by atoms with Gasteiger partial charge in [-0.3, -0.25) is 0 Å². The molecule has 1 rings (SSSR count). The molecular weight excluding hydrogens is 320 g/mol. The van der Waals surface area contributed by atoms with E-state index >= 15 is 0 Å². The van der Waals surface area contributed by atoms with Crippen LogP contribution in [-0.4, -0.2) is 10.7 Å². The van der Waals surface area contributed by atoms with Gasteiger partial charge in [0.15, 0.2) is 0 Å². The van der Waals surface area contributed by atoms with Gasteiger partial charge in [-0.1, -0.05) is 0 Å². The summed E-state index contributed by atoms with van der Waals surface area (Å²) in [7, 11) is 11.7. The Morgan fingerprint density at radius 3 is 2.53 bits per heavy atom. The molecular formula is C11H14Cl2ORu. The molecule has 0 aromatic heterocycles. The molecule has 0 heterocycles. The Morgan fingerprint density at radius 1 is 1.33 bits per heavy atom. The van der Waals surface area contributed by atoms with Crippen LogP contribution in [0.25, 0.3) is 0 Å². The van der Waals surface area contributed by atoms with Crippen molar-refractivity contribution in [2.75, 3.05) is 0 Å². The second kappa shape index (κ2) is 5.98. The molecule has 0 spiro atoms. The van der Waals surface area contributed by atoms with Crippen LogP contribution in [-0.2, 0) is 13.5 Å². The van der Waals surface area contributed by atoms with E-state index in [2.05, 4.69) is 0 Å². The quantitative estimate of drug-likeness (QED) is 0.763. The number of hydrogen-bond acceptors (Lipinski definition) is 1. The van der Waals surface area contributed by atoms with Crippen LogP contribution < -0.4 is 4.74 Å². The number of hydrogen-bond donors (Lipinski definition) is 0. The van der Waals surface area contributed by atoms with Gasteiger partial charge in [-0.25, -0.2) is 0 Å². The van der Waals surface area contributed by atoms with Crippen LogP contribution in [0.3, 0.4) is 0 Å². The Labute approximate surface area is 104 Å². The van der Waals surface area contributed by atoms with Gasteiger partial charge in [0.05, 0.1) is 0 Å². The van der Waals surface area contributed by atoms with E-state index in [4.69, 9.17) is 24.1 Å². The first-order valence-electron chi connectivity index (χ1n) is 4.60. The first-order valence-corrected chi connectivity index (χ1v) is 10.1. The van der Waals surface area contributed by atoms with E-state index in [-0.39, 0.29) is 6.10 Å². The molecule has 1 nitrogen and oxygen atoms in total. The van der Waals surface area contributed by atoms with Crippen molar-refractivity contribution in [2.24, 2.45) is 0 Å². The number of halogens is 2. The summed E-state index contributed by atoms with van der Waals surface area (Å²) in [5.41, 5.74) is 2.12. The molecule has 0 unspecified atom stereocenters. The number of aryl methyl sites for hydroxylation is 1. The van der Waals surface area contributed by atoms with Crippen LogP contribution >= 0.6 is 19.4 Å². The molecule has 4 heteroatoms. The first kappa shape index (κ1) is 13.2. The van der Waals surface area contributed by atoms with Gasteiger partial charge in [-0.15, -0.1) is 0 Å². The average molecular weight is 334 g/mol. The average Bonchev–Trinajstić information content (AvgIpc) is 2.09. The van der Waals surface area contributed by atoms with Gasteiger partial charge in [-0.05, 0) is 0 Å². The number of benzene rings is 1. The van der Waals surface area contributed by atoms with Crippen molar-refractivity contribution in [1.29, 1.82) is 0 Å². The van der Waals surface area contributed by atoms with E-state index in [9.17, 15) is 0 Å². The fourth-order valence-corrected chi connectivity index (χ4v) is 3.02. The van der Waals surface area contributed by atoms with Crippen LogP contribution in [0, 0.1) is 6.92 Å². The van der Waals surface area contributed by atoms with Crippen molar-refractivity contribution >= 4 is 24.0 Å². The Bertz CT molecular complexity index is 371. The molecule has 15 heavy (non-hydrogen) atoms. The summed E-state index contributed by atoms with van der Waals surface area (Å²) in [5, 5.41) is 0. The van der Waals surface area contributed by atoms with Crippen molar-refractivity contribution in [2.45, 2.75) is 26.9 Å². The number of rotatable bonds is 3. The normalized spacial score (nSPS) is 11.5. The van der Waals surface area contributed by atoms with Gasteiger partial charge in [0, 0.05) is 0 Å². The summed E-state index contributed by atoms with van der Waals surface area (Å²) < 4.78 is 7.67. The Balaban J connectivity index is 3.14. The van der Waals surface area contributed by atoms with Gasteiger partial charge in [0.2, 0.25) is 0 Å². The fraction of sp³-hybridized carbons (Fsp3) is 0.364. The van der Waals surface area contributed by atoms with Crippen molar-refractivity contribution in [3.05, 3.63) is 29.3 Å². The van der Waals surface area contributed by atoms with Gasteiger partial charge in [0.25, 0.3) is 0 Å². The van der Waals surface area contributed by atoms with Crippen molar-refractivity contribution in [3.8, 4) is 5.75 Å². The zero-order valence-electron chi connectivity index (χ0n) is 8.90. The summed E-state index contributed by atoms with van der Waals surface area (Å²) in [6, 6.07) is 5.99. The molecule has 0 saturated carbocycles. The molecule has 0 radical (unpaired) electrons. The molecule has 0 aliphatic heterocycles. The van der Waals surface area contributed by atoms with E-state index < -0.39 is 13.5 Å². The fourth-order valence-electron chi connectivity index (χ4n) is 1.24. The Kier molecular flexibility index (Phi) is 5.25. The summed E-state index contributed by atoms with van der Waals surface area (Å²) in [5.74, 6) is 0.896. The van der Waals surface area contributed by atoms with Crippen LogP contribution in [0.4, 0.5) is 0 Å². The van der Waals surface area contributed by atoms with Crippen molar-refractivity contribution in [1.82, 2.24) is 0 Å². The van der Waals surface area contributed by atoms with Crippen LogP contribution in [0.2, 0.25) is 0 Å². The molecule has 0 amide bonds. The standard InChI is InChI=1S/C11H14O.2ClH.Ru/c1-8(2)12-11-9(3)6-5-7-10(11)4;;;/h3,5-8H,1-2,4H3;2*1H;/q;;;+2/p-2. The topological polar surface area (TPSA) is 9.23 Å². The van der Waals surface area contributed by atoms with Gasteiger partial charge < -0.3 is 0 Å². The minimum atomic E-state index is -1.79. The van der Waals surface area contributed by atoms with E-state index in [1.165, 1.54) is 0 Å². The van der Waals surface area contributed by atoms with Crippen LogP contribution in [0.1, 0.15) is 25.0 Å². The predicted octanol–water partition coefficient (Wildman–Crippen LogP) is 3.86. The van der Waals surface area contributed by atoms with E-state index in [1.54, 1.807) is 0 Å². The molecule has 1 aromatic rings. The first-order chi connectivity index (χ1) is 7.00. The summed E-state index contributed by atoms with van der Waals surface area (Å²) >= 11 is -1.79. The zero-order chi connectivity index (χ0) is 11.4. The number of ether oxygens (including phenoxy) is 1. The van der Waals surface area contributed by atoms with Crippen LogP contribution in [0.5, 0.6) is 5.75 Å².